The van der Waals surface area contributed by atoms with E-state index >= 15 is 0 Å². The Hall–Kier alpha value is -6.44. The summed E-state index contributed by atoms with van der Waals surface area (Å²) in [5.74, 6) is 0. The number of fused-ring (bicyclic) bond motifs is 10. The van der Waals surface area contributed by atoms with E-state index in [-0.39, 0.29) is 5.41 Å². The maximum Gasteiger partial charge on any atom is 0.0725 e. The predicted octanol–water partition coefficient (Wildman–Crippen LogP) is 12.8. The van der Waals surface area contributed by atoms with Crippen LogP contribution in [0.1, 0.15) is 22.3 Å². The van der Waals surface area contributed by atoms with Gasteiger partial charge in [-0.1, -0.05) is 158 Å². The summed E-state index contributed by atoms with van der Waals surface area (Å²) < 4.78 is 0. The van der Waals surface area contributed by atoms with Gasteiger partial charge in [-0.15, -0.1) is 0 Å². The van der Waals surface area contributed by atoms with E-state index in [9.17, 15) is 0 Å². The molecule has 10 rings (SSSR count). The van der Waals surface area contributed by atoms with Crippen molar-refractivity contribution < 1.29 is 0 Å². The molecule has 0 atom stereocenters. The van der Waals surface area contributed by atoms with Crippen molar-refractivity contribution in [3.8, 4) is 44.5 Å². The molecule has 8 aromatic carbocycles. The van der Waals surface area contributed by atoms with Gasteiger partial charge < -0.3 is 4.90 Å². The topological polar surface area (TPSA) is 3.24 Å². The fourth-order valence-corrected chi connectivity index (χ4v) is 8.62. The maximum atomic E-state index is 2.48. The Labute approximate surface area is 293 Å². The van der Waals surface area contributed by atoms with Crippen LogP contribution in [0.2, 0.25) is 0 Å². The molecule has 1 heteroatoms. The molecule has 0 unspecified atom stereocenters. The zero-order valence-corrected chi connectivity index (χ0v) is 27.5. The van der Waals surface area contributed by atoms with Crippen molar-refractivity contribution in [3.05, 3.63) is 222 Å². The van der Waals surface area contributed by atoms with Crippen molar-refractivity contribution in [2.45, 2.75) is 5.41 Å². The van der Waals surface area contributed by atoms with Crippen molar-refractivity contribution >= 4 is 17.1 Å². The Morgan fingerprint density at radius 3 is 1.24 bits per heavy atom. The smallest absolute Gasteiger partial charge is 0.0725 e. The summed E-state index contributed by atoms with van der Waals surface area (Å²) >= 11 is 0. The Kier molecular flexibility index (Phi) is 6.47. The summed E-state index contributed by atoms with van der Waals surface area (Å²) in [5, 5.41) is 0. The van der Waals surface area contributed by atoms with Crippen LogP contribution in [0, 0.1) is 0 Å². The zero-order valence-electron chi connectivity index (χ0n) is 27.5. The lowest BCUT2D eigenvalue weighted by molar-refractivity contribution is 0.794. The Balaban J connectivity index is 1.20. The second-order valence-electron chi connectivity index (χ2n) is 13.3. The minimum atomic E-state index is -0.366. The molecular weight excluding hydrogens is 603 g/mol. The van der Waals surface area contributed by atoms with Gasteiger partial charge in [-0.05, 0) is 104 Å². The van der Waals surface area contributed by atoms with Crippen LogP contribution in [-0.2, 0) is 5.41 Å². The van der Waals surface area contributed by atoms with E-state index in [1.807, 2.05) is 0 Å². The highest BCUT2D eigenvalue weighted by Gasteiger charge is 2.51. The van der Waals surface area contributed by atoms with E-state index in [2.05, 4.69) is 205 Å². The molecule has 0 bridgehead atoms. The molecular formula is C49H33N. The first-order valence-electron chi connectivity index (χ1n) is 17.4. The molecule has 0 saturated carbocycles. The predicted molar refractivity (Wildman–Crippen MR) is 208 cm³/mol. The third-order valence-electron chi connectivity index (χ3n) is 10.7. The largest absolute Gasteiger partial charge is 0.310 e. The lowest BCUT2D eigenvalue weighted by Gasteiger charge is -2.31. The van der Waals surface area contributed by atoms with Crippen LogP contribution >= 0.6 is 0 Å². The minimum Gasteiger partial charge on any atom is -0.310 e. The molecule has 0 N–H and O–H groups in total. The van der Waals surface area contributed by atoms with Gasteiger partial charge in [0.1, 0.15) is 0 Å². The Morgan fingerprint density at radius 2 is 0.700 bits per heavy atom. The first-order chi connectivity index (χ1) is 24.8. The summed E-state index contributed by atoms with van der Waals surface area (Å²) in [4.78, 5) is 2.37. The highest BCUT2D eigenvalue weighted by molar-refractivity contribution is 5.97. The molecule has 0 amide bonds. The Morgan fingerprint density at radius 1 is 0.280 bits per heavy atom. The highest BCUT2D eigenvalue weighted by Crippen LogP contribution is 2.63. The molecule has 2 aliphatic rings. The first-order valence-corrected chi connectivity index (χ1v) is 17.4. The molecule has 50 heavy (non-hydrogen) atoms. The summed E-state index contributed by atoms with van der Waals surface area (Å²) in [6, 6.07) is 73.3. The van der Waals surface area contributed by atoms with E-state index in [1.54, 1.807) is 0 Å². The number of rotatable bonds is 5. The Bertz CT molecular complexity index is 2430. The van der Waals surface area contributed by atoms with Crippen molar-refractivity contribution in [2.24, 2.45) is 0 Å². The van der Waals surface area contributed by atoms with Gasteiger partial charge >= 0.3 is 0 Å². The van der Waals surface area contributed by atoms with Gasteiger partial charge in [0.2, 0.25) is 0 Å². The van der Waals surface area contributed by atoms with Gasteiger partial charge in [0.15, 0.2) is 0 Å². The number of nitrogens with zero attached hydrogens (tertiary/aromatic N) is 1. The molecule has 1 nitrogen and oxygen atoms in total. The van der Waals surface area contributed by atoms with Crippen molar-refractivity contribution in [2.75, 3.05) is 4.90 Å². The molecule has 1 spiro atoms. The van der Waals surface area contributed by atoms with Crippen molar-refractivity contribution in [1.82, 2.24) is 0 Å². The summed E-state index contributed by atoms with van der Waals surface area (Å²) in [6.07, 6.45) is 0. The van der Waals surface area contributed by atoms with E-state index in [0.29, 0.717) is 0 Å². The second kappa shape index (κ2) is 11.3. The van der Waals surface area contributed by atoms with Gasteiger partial charge in [-0.2, -0.15) is 0 Å². The molecule has 0 fully saturated rings. The molecule has 8 aromatic rings. The van der Waals surface area contributed by atoms with Crippen LogP contribution in [0.5, 0.6) is 0 Å². The molecule has 0 radical (unpaired) electrons. The highest BCUT2D eigenvalue weighted by atomic mass is 15.1. The average Bonchev–Trinajstić information content (AvgIpc) is 3.66. The average molecular weight is 636 g/mol. The van der Waals surface area contributed by atoms with Gasteiger partial charge in [-0.25, -0.2) is 0 Å². The number of hydrogen-bond acceptors (Lipinski definition) is 1. The minimum absolute atomic E-state index is 0.366. The van der Waals surface area contributed by atoms with Crippen molar-refractivity contribution in [3.63, 3.8) is 0 Å². The zero-order chi connectivity index (χ0) is 33.1. The summed E-state index contributed by atoms with van der Waals surface area (Å²) in [5.41, 5.74) is 18.6. The molecule has 0 saturated heterocycles. The quantitative estimate of drug-likeness (QED) is 0.182. The fraction of sp³-hybridized carbons (Fsp3) is 0.0204. The van der Waals surface area contributed by atoms with Crippen LogP contribution < -0.4 is 4.90 Å². The normalized spacial score (nSPS) is 13.0. The molecule has 2 aliphatic carbocycles. The SMILES string of the molecule is c1ccc(-c2cc(-c3ccc4c(c3)C3(c5ccccc5-c5ccccc53)c3ccccc3-4)ccc2N(c2ccccc2)c2ccccc2)cc1. The van der Waals surface area contributed by atoms with E-state index in [4.69, 9.17) is 0 Å². The van der Waals surface area contributed by atoms with Crippen LogP contribution in [0.15, 0.2) is 200 Å². The molecule has 0 aliphatic heterocycles. The lowest BCUT2D eigenvalue weighted by atomic mass is 9.70. The van der Waals surface area contributed by atoms with Gasteiger partial charge in [0.25, 0.3) is 0 Å². The van der Waals surface area contributed by atoms with Gasteiger partial charge in [0, 0.05) is 16.9 Å². The number of anilines is 3. The van der Waals surface area contributed by atoms with E-state index in [1.165, 1.54) is 66.8 Å². The van der Waals surface area contributed by atoms with E-state index < -0.39 is 0 Å². The third-order valence-corrected chi connectivity index (χ3v) is 10.7. The molecule has 234 valence electrons. The van der Waals surface area contributed by atoms with Crippen LogP contribution in [0.3, 0.4) is 0 Å². The number of para-hydroxylation sites is 2. The summed E-state index contributed by atoms with van der Waals surface area (Å²) in [6.45, 7) is 0. The van der Waals surface area contributed by atoms with Crippen molar-refractivity contribution in [1.29, 1.82) is 0 Å². The molecule has 0 aromatic heterocycles. The standard InChI is InChI=1S/C49H33N/c1-4-16-34(17-5-1)43-32-35(29-31-48(43)50(37-18-6-2-7-19-37)38-20-8-3-9-21-38)36-28-30-42-41-24-12-15-27-46(41)49(47(42)33-36)44-25-13-10-22-39(44)40-23-11-14-26-45(40)49/h1-33H. The lowest BCUT2D eigenvalue weighted by Crippen LogP contribution is -2.25. The number of hydrogen-bond donors (Lipinski definition) is 0. The number of benzene rings is 8. The second-order valence-corrected chi connectivity index (χ2v) is 13.3. The van der Waals surface area contributed by atoms with Gasteiger partial charge in [-0.3, -0.25) is 0 Å². The van der Waals surface area contributed by atoms with Crippen LogP contribution in [0.25, 0.3) is 44.5 Å². The van der Waals surface area contributed by atoms with Crippen LogP contribution in [0.4, 0.5) is 17.1 Å². The molecule has 0 heterocycles. The van der Waals surface area contributed by atoms with Gasteiger partial charge in [0.05, 0.1) is 11.1 Å². The van der Waals surface area contributed by atoms with E-state index in [0.717, 1.165) is 17.1 Å². The summed E-state index contributed by atoms with van der Waals surface area (Å²) in [7, 11) is 0. The monoisotopic (exact) mass is 635 g/mol. The maximum absolute atomic E-state index is 2.48. The fourth-order valence-electron chi connectivity index (χ4n) is 8.62. The first kappa shape index (κ1) is 28.6. The third kappa shape index (κ3) is 4.14. The van der Waals surface area contributed by atoms with Crippen LogP contribution in [-0.4, -0.2) is 0 Å².